The Morgan fingerprint density at radius 2 is 1.82 bits per heavy atom. The van der Waals surface area contributed by atoms with Crippen LogP contribution in [0.25, 0.3) is 0 Å². The second kappa shape index (κ2) is 8.19. The van der Waals surface area contributed by atoms with Gasteiger partial charge in [-0.2, -0.15) is 0 Å². The molecule has 4 aliphatic heterocycles. The third-order valence-corrected chi connectivity index (χ3v) is 7.53. The van der Waals surface area contributed by atoms with Gasteiger partial charge in [-0.15, -0.1) is 0 Å². The van der Waals surface area contributed by atoms with Crippen molar-refractivity contribution >= 4 is 12.0 Å². The van der Waals surface area contributed by atoms with Crippen molar-refractivity contribution in [3.8, 4) is 0 Å². The summed E-state index contributed by atoms with van der Waals surface area (Å²) >= 11 is 0. The molecule has 4 rings (SSSR count). The molecule has 4 heterocycles. The maximum Gasteiger partial charge on any atom is 0.410 e. The SMILES string of the molecule is CCOC(=O)N1C2CCC1CC(N1CCC3(CC1)CC(=O)N(CCOC)C3)C2. The van der Waals surface area contributed by atoms with Crippen LogP contribution in [0.2, 0.25) is 0 Å². The number of fused-ring (bicyclic) bond motifs is 2. The van der Waals surface area contributed by atoms with Crippen molar-refractivity contribution in [1.82, 2.24) is 14.7 Å². The van der Waals surface area contributed by atoms with Crippen LogP contribution in [0.1, 0.15) is 51.9 Å². The fourth-order valence-corrected chi connectivity index (χ4v) is 6.03. The summed E-state index contributed by atoms with van der Waals surface area (Å²) in [5.41, 5.74) is 0.173. The Bertz CT molecular complexity index is 576. The highest BCUT2D eigenvalue weighted by atomic mass is 16.6. The Morgan fingerprint density at radius 1 is 1.14 bits per heavy atom. The van der Waals surface area contributed by atoms with E-state index in [1.54, 1.807) is 7.11 Å². The second-order valence-electron chi connectivity index (χ2n) is 9.14. The second-order valence-corrected chi connectivity index (χ2v) is 9.14. The van der Waals surface area contributed by atoms with Crippen LogP contribution in [-0.4, -0.2) is 91.3 Å². The number of carbonyl (C=O) groups is 2. The van der Waals surface area contributed by atoms with Gasteiger partial charge in [-0.05, 0) is 64.0 Å². The zero-order chi connectivity index (χ0) is 19.7. The molecule has 2 atom stereocenters. The van der Waals surface area contributed by atoms with Crippen LogP contribution in [0, 0.1) is 5.41 Å². The van der Waals surface area contributed by atoms with E-state index in [0.717, 1.165) is 64.7 Å². The van der Waals surface area contributed by atoms with Gasteiger partial charge >= 0.3 is 6.09 Å². The molecule has 4 aliphatic rings. The largest absolute Gasteiger partial charge is 0.450 e. The molecule has 2 bridgehead atoms. The van der Waals surface area contributed by atoms with Crippen LogP contribution in [-0.2, 0) is 14.3 Å². The van der Waals surface area contributed by atoms with Gasteiger partial charge in [0.2, 0.25) is 5.91 Å². The van der Waals surface area contributed by atoms with E-state index < -0.39 is 0 Å². The zero-order valence-electron chi connectivity index (χ0n) is 17.4. The Balaban J connectivity index is 1.31. The number of methoxy groups -OCH3 is 1. The number of hydrogen-bond donors (Lipinski definition) is 0. The molecule has 7 nitrogen and oxygen atoms in total. The van der Waals surface area contributed by atoms with Gasteiger partial charge in [-0.3, -0.25) is 4.79 Å². The smallest absolute Gasteiger partial charge is 0.410 e. The summed E-state index contributed by atoms with van der Waals surface area (Å²) < 4.78 is 10.4. The molecule has 0 N–H and O–H groups in total. The topological polar surface area (TPSA) is 62.3 Å². The number of hydrogen-bond acceptors (Lipinski definition) is 5. The Hall–Kier alpha value is -1.34. The highest BCUT2D eigenvalue weighted by Gasteiger charge is 2.48. The number of carbonyl (C=O) groups excluding carboxylic acids is 2. The molecule has 0 aliphatic carbocycles. The highest BCUT2D eigenvalue weighted by Crippen LogP contribution is 2.44. The van der Waals surface area contributed by atoms with Crippen molar-refractivity contribution in [2.75, 3.05) is 46.5 Å². The van der Waals surface area contributed by atoms with Crippen LogP contribution in [0.4, 0.5) is 4.79 Å². The van der Waals surface area contributed by atoms with Gasteiger partial charge < -0.3 is 24.2 Å². The molecule has 0 aromatic carbocycles. The lowest BCUT2D eigenvalue weighted by molar-refractivity contribution is -0.128. The minimum absolute atomic E-state index is 0.119. The molecule has 0 saturated carbocycles. The molecule has 158 valence electrons. The van der Waals surface area contributed by atoms with E-state index in [1.807, 2.05) is 16.7 Å². The molecule has 4 fully saturated rings. The first-order valence-electron chi connectivity index (χ1n) is 11.0. The lowest BCUT2D eigenvalue weighted by Crippen LogP contribution is -2.55. The summed E-state index contributed by atoms with van der Waals surface area (Å²) in [6.07, 6.45) is 7.17. The highest BCUT2D eigenvalue weighted by molar-refractivity contribution is 5.79. The van der Waals surface area contributed by atoms with Crippen LogP contribution < -0.4 is 0 Å². The van der Waals surface area contributed by atoms with Crippen molar-refractivity contribution in [2.45, 2.75) is 70.0 Å². The van der Waals surface area contributed by atoms with Gasteiger partial charge in [0.15, 0.2) is 0 Å². The zero-order valence-corrected chi connectivity index (χ0v) is 17.4. The summed E-state index contributed by atoms with van der Waals surface area (Å²) in [5.74, 6) is 0.297. The van der Waals surface area contributed by atoms with Crippen LogP contribution in [0.15, 0.2) is 0 Å². The third-order valence-electron chi connectivity index (χ3n) is 7.53. The molecule has 0 aromatic heterocycles. The minimum Gasteiger partial charge on any atom is -0.450 e. The van der Waals surface area contributed by atoms with Crippen molar-refractivity contribution in [3.05, 3.63) is 0 Å². The average molecular weight is 394 g/mol. The van der Waals surface area contributed by atoms with E-state index in [-0.39, 0.29) is 11.5 Å². The first-order chi connectivity index (χ1) is 13.5. The van der Waals surface area contributed by atoms with Gasteiger partial charge in [0.05, 0.1) is 13.2 Å². The monoisotopic (exact) mass is 393 g/mol. The summed E-state index contributed by atoms with van der Waals surface area (Å²) in [6.45, 7) is 6.72. The molecule has 0 aromatic rings. The lowest BCUT2D eigenvalue weighted by Gasteiger charge is -2.47. The van der Waals surface area contributed by atoms with Crippen molar-refractivity contribution < 1.29 is 19.1 Å². The molecule has 2 amide bonds. The van der Waals surface area contributed by atoms with Gasteiger partial charge in [0.25, 0.3) is 0 Å². The fourth-order valence-electron chi connectivity index (χ4n) is 6.03. The fraction of sp³-hybridized carbons (Fsp3) is 0.905. The van der Waals surface area contributed by atoms with E-state index in [1.165, 1.54) is 0 Å². The normalized spacial score (nSPS) is 32.4. The minimum atomic E-state index is -0.119. The number of likely N-dealkylation sites (tertiary alicyclic amines) is 2. The van der Waals surface area contributed by atoms with E-state index >= 15 is 0 Å². The van der Waals surface area contributed by atoms with Crippen molar-refractivity contribution in [2.24, 2.45) is 5.41 Å². The Morgan fingerprint density at radius 3 is 2.43 bits per heavy atom. The maximum absolute atomic E-state index is 12.4. The standard InChI is InChI=1S/C21H35N3O4/c1-3-28-20(26)24-16-4-5-17(24)13-18(12-16)22-8-6-21(7-9-22)14-19(25)23(15-21)10-11-27-2/h16-18H,3-15H2,1-2H3. The number of ether oxygens (including phenoxy) is 2. The maximum atomic E-state index is 12.4. The number of piperidine rings is 2. The molecule has 1 spiro atoms. The molecule has 28 heavy (non-hydrogen) atoms. The van der Waals surface area contributed by atoms with Gasteiger partial charge in [0, 0.05) is 44.7 Å². The third kappa shape index (κ3) is 3.75. The first-order valence-corrected chi connectivity index (χ1v) is 11.0. The van der Waals surface area contributed by atoms with E-state index in [4.69, 9.17) is 9.47 Å². The predicted molar refractivity (Wildman–Crippen MR) is 105 cm³/mol. The molecular weight excluding hydrogens is 358 g/mol. The van der Waals surface area contributed by atoms with E-state index in [9.17, 15) is 9.59 Å². The summed E-state index contributed by atoms with van der Waals surface area (Å²) in [4.78, 5) is 31.3. The molecule has 7 heteroatoms. The Labute approximate surface area is 168 Å². The molecule has 0 radical (unpaired) electrons. The average Bonchev–Trinajstić information content (AvgIpc) is 3.13. The number of amides is 2. The molecule has 2 unspecified atom stereocenters. The number of nitrogens with zero attached hydrogens (tertiary/aromatic N) is 3. The van der Waals surface area contributed by atoms with Gasteiger partial charge in [-0.25, -0.2) is 4.79 Å². The summed E-state index contributed by atoms with van der Waals surface area (Å²) in [7, 11) is 1.69. The lowest BCUT2D eigenvalue weighted by atomic mass is 9.77. The van der Waals surface area contributed by atoms with Crippen LogP contribution >= 0.6 is 0 Å². The van der Waals surface area contributed by atoms with Gasteiger partial charge in [-0.1, -0.05) is 0 Å². The molecule has 4 saturated heterocycles. The van der Waals surface area contributed by atoms with Crippen molar-refractivity contribution in [1.29, 1.82) is 0 Å². The van der Waals surface area contributed by atoms with Crippen molar-refractivity contribution in [3.63, 3.8) is 0 Å². The summed E-state index contributed by atoms with van der Waals surface area (Å²) in [6, 6.07) is 1.26. The Kier molecular flexibility index (Phi) is 5.83. The quantitative estimate of drug-likeness (QED) is 0.716. The van der Waals surface area contributed by atoms with Gasteiger partial charge in [0.1, 0.15) is 0 Å². The first kappa shape index (κ1) is 20.0. The summed E-state index contributed by atoms with van der Waals surface area (Å²) in [5, 5.41) is 0. The van der Waals surface area contributed by atoms with Crippen LogP contribution in [0.3, 0.4) is 0 Å². The predicted octanol–water partition coefficient (Wildman–Crippen LogP) is 2.10. The van der Waals surface area contributed by atoms with Crippen LogP contribution in [0.5, 0.6) is 0 Å². The number of rotatable bonds is 5. The molecular formula is C21H35N3O4. The van der Waals surface area contributed by atoms with E-state index in [0.29, 0.717) is 43.7 Å². The van der Waals surface area contributed by atoms with E-state index in [2.05, 4.69) is 4.90 Å².